The van der Waals surface area contributed by atoms with Gasteiger partial charge in [0.25, 0.3) is 5.91 Å². The van der Waals surface area contributed by atoms with Gasteiger partial charge in [-0.3, -0.25) is 4.79 Å². The Morgan fingerprint density at radius 3 is 2.82 bits per heavy atom. The van der Waals surface area contributed by atoms with Crippen molar-refractivity contribution in [1.29, 1.82) is 0 Å². The number of ether oxygens (including phenoxy) is 1. The molecule has 0 aliphatic carbocycles. The van der Waals surface area contributed by atoms with Crippen LogP contribution in [0.3, 0.4) is 0 Å². The molecule has 0 spiro atoms. The van der Waals surface area contributed by atoms with Crippen molar-refractivity contribution in [2.45, 2.75) is 13.8 Å². The van der Waals surface area contributed by atoms with Gasteiger partial charge in [-0.15, -0.1) is 0 Å². The standard InChI is InChI=1S/C17H18N2O3/c1-12-7-8-15(20)14(9-12)10-18-19-17(21)11-22-16-6-4-3-5-13(16)2/h3-10,20H,11H2,1-2H3,(H,19,21). The molecule has 2 aromatic carbocycles. The molecule has 5 nitrogen and oxygen atoms in total. The average molecular weight is 298 g/mol. The number of aryl methyl sites for hydroxylation is 2. The second-order valence-electron chi connectivity index (χ2n) is 4.91. The fraction of sp³-hybridized carbons (Fsp3) is 0.176. The van der Waals surface area contributed by atoms with Crippen molar-refractivity contribution < 1.29 is 14.6 Å². The monoisotopic (exact) mass is 298 g/mol. The molecule has 2 rings (SSSR count). The van der Waals surface area contributed by atoms with E-state index in [2.05, 4.69) is 10.5 Å². The van der Waals surface area contributed by atoms with Crippen LogP contribution in [-0.4, -0.2) is 23.8 Å². The quantitative estimate of drug-likeness (QED) is 0.658. The summed E-state index contributed by atoms with van der Waals surface area (Å²) in [7, 11) is 0. The predicted molar refractivity (Wildman–Crippen MR) is 85.3 cm³/mol. The Bertz CT molecular complexity index is 696. The lowest BCUT2D eigenvalue weighted by molar-refractivity contribution is -0.123. The van der Waals surface area contributed by atoms with Crippen LogP contribution in [0.1, 0.15) is 16.7 Å². The van der Waals surface area contributed by atoms with Crippen LogP contribution in [0.5, 0.6) is 11.5 Å². The van der Waals surface area contributed by atoms with Crippen molar-refractivity contribution in [2.24, 2.45) is 5.10 Å². The van der Waals surface area contributed by atoms with Crippen molar-refractivity contribution in [2.75, 3.05) is 6.61 Å². The molecule has 0 atom stereocenters. The van der Waals surface area contributed by atoms with E-state index in [4.69, 9.17) is 4.74 Å². The van der Waals surface area contributed by atoms with Crippen LogP contribution in [0.15, 0.2) is 47.6 Å². The Morgan fingerprint density at radius 2 is 2.05 bits per heavy atom. The SMILES string of the molecule is Cc1ccc(O)c(C=NNC(=O)COc2ccccc2C)c1. The number of para-hydroxylation sites is 1. The molecule has 22 heavy (non-hydrogen) atoms. The fourth-order valence-corrected chi connectivity index (χ4v) is 1.85. The van der Waals surface area contributed by atoms with E-state index in [-0.39, 0.29) is 18.3 Å². The van der Waals surface area contributed by atoms with Crippen molar-refractivity contribution >= 4 is 12.1 Å². The van der Waals surface area contributed by atoms with Crippen LogP contribution >= 0.6 is 0 Å². The molecule has 1 amide bonds. The minimum Gasteiger partial charge on any atom is -0.507 e. The van der Waals surface area contributed by atoms with Crippen molar-refractivity contribution in [3.63, 3.8) is 0 Å². The number of rotatable bonds is 5. The Morgan fingerprint density at radius 1 is 1.27 bits per heavy atom. The lowest BCUT2D eigenvalue weighted by Gasteiger charge is -2.07. The average Bonchev–Trinajstić information content (AvgIpc) is 2.50. The maximum Gasteiger partial charge on any atom is 0.277 e. The van der Waals surface area contributed by atoms with Gasteiger partial charge in [-0.2, -0.15) is 5.10 Å². The van der Waals surface area contributed by atoms with Gasteiger partial charge in [0.05, 0.1) is 6.21 Å². The summed E-state index contributed by atoms with van der Waals surface area (Å²) in [6.07, 6.45) is 1.40. The van der Waals surface area contributed by atoms with Gasteiger partial charge in [-0.1, -0.05) is 29.8 Å². The molecule has 0 aliphatic heterocycles. The van der Waals surface area contributed by atoms with Crippen LogP contribution < -0.4 is 10.2 Å². The van der Waals surface area contributed by atoms with E-state index in [0.717, 1.165) is 11.1 Å². The number of hydrogen-bond donors (Lipinski definition) is 2. The number of aromatic hydroxyl groups is 1. The number of nitrogens with one attached hydrogen (secondary N) is 1. The molecule has 2 N–H and O–H groups in total. The zero-order chi connectivity index (χ0) is 15.9. The van der Waals surface area contributed by atoms with E-state index in [9.17, 15) is 9.90 Å². The molecule has 0 aromatic heterocycles. The molecule has 0 bridgehead atoms. The first-order valence-electron chi connectivity index (χ1n) is 6.86. The molecule has 0 saturated carbocycles. The number of benzene rings is 2. The van der Waals surface area contributed by atoms with E-state index < -0.39 is 0 Å². The maximum absolute atomic E-state index is 11.7. The largest absolute Gasteiger partial charge is 0.507 e. The summed E-state index contributed by atoms with van der Waals surface area (Å²) in [5, 5.41) is 13.5. The summed E-state index contributed by atoms with van der Waals surface area (Å²) in [6, 6.07) is 12.6. The van der Waals surface area contributed by atoms with Gasteiger partial charge in [0, 0.05) is 5.56 Å². The normalized spacial score (nSPS) is 10.6. The van der Waals surface area contributed by atoms with E-state index in [1.165, 1.54) is 6.21 Å². The predicted octanol–water partition coefficient (Wildman–Crippen LogP) is 2.54. The summed E-state index contributed by atoms with van der Waals surface area (Å²) < 4.78 is 5.41. The number of nitrogens with zero attached hydrogens (tertiary/aromatic N) is 1. The molecule has 0 unspecified atom stereocenters. The van der Waals surface area contributed by atoms with Gasteiger partial charge in [-0.05, 0) is 37.6 Å². The first-order valence-corrected chi connectivity index (χ1v) is 6.86. The number of hydrogen-bond acceptors (Lipinski definition) is 4. The Hall–Kier alpha value is -2.82. The van der Waals surface area contributed by atoms with E-state index in [1.54, 1.807) is 24.3 Å². The lowest BCUT2D eigenvalue weighted by atomic mass is 10.1. The lowest BCUT2D eigenvalue weighted by Crippen LogP contribution is -2.24. The van der Waals surface area contributed by atoms with Crippen LogP contribution in [0, 0.1) is 13.8 Å². The van der Waals surface area contributed by atoms with Crippen LogP contribution in [0.4, 0.5) is 0 Å². The summed E-state index contributed by atoms with van der Waals surface area (Å²) in [5.41, 5.74) is 4.86. The number of amides is 1. The van der Waals surface area contributed by atoms with Gasteiger partial charge in [0.15, 0.2) is 6.61 Å². The molecule has 2 aromatic rings. The molecule has 0 radical (unpaired) electrons. The van der Waals surface area contributed by atoms with Gasteiger partial charge >= 0.3 is 0 Å². The summed E-state index contributed by atoms with van der Waals surface area (Å²) in [6.45, 7) is 3.69. The number of phenolic OH excluding ortho intramolecular Hbond substituents is 1. The van der Waals surface area contributed by atoms with Crippen molar-refractivity contribution in [1.82, 2.24) is 5.43 Å². The first kappa shape index (κ1) is 15.6. The number of phenols is 1. The Balaban J connectivity index is 1.86. The topological polar surface area (TPSA) is 70.9 Å². The van der Waals surface area contributed by atoms with E-state index in [0.29, 0.717) is 11.3 Å². The highest BCUT2D eigenvalue weighted by Crippen LogP contribution is 2.16. The summed E-state index contributed by atoms with van der Waals surface area (Å²) >= 11 is 0. The maximum atomic E-state index is 11.7. The first-order chi connectivity index (χ1) is 10.6. The Kier molecular flexibility index (Phi) is 5.14. The second-order valence-corrected chi connectivity index (χ2v) is 4.91. The van der Waals surface area contributed by atoms with Crippen LogP contribution in [-0.2, 0) is 4.79 Å². The summed E-state index contributed by atoms with van der Waals surface area (Å²) in [5.74, 6) is 0.407. The molecule has 0 aliphatic rings. The number of hydrazone groups is 1. The zero-order valence-electron chi connectivity index (χ0n) is 12.5. The van der Waals surface area contributed by atoms with Crippen molar-refractivity contribution in [3.8, 4) is 11.5 Å². The third kappa shape index (κ3) is 4.34. The second kappa shape index (κ2) is 7.26. The van der Waals surface area contributed by atoms with Gasteiger partial charge in [0.1, 0.15) is 11.5 Å². The molecule has 5 heteroatoms. The highest BCUT2D eigenvalue weighted by Gasteiger charge is 2.03. The van der Waals surface area contributed by atoms with Crippen LogP contribution in [0.2, 0.25) is 0 Å². The highest BCUT2D eigenvalue weighted by molar-refractivity contribution is 5.85. The van der Waals surface area contributed by atoms with Crippen LogP contribution in [0.25, 0.3) is 0 Å². The minimum atomic E-state index is -0.369. The molecule has 0 fully saturated rings. The molecule has 0 saturated heterocycles. The third-order valence-corrected chi connectivity index (χ3v) is 3.03. The minimum absolute atomic E-state index is 0.111. The molecular formula is C17H18N2O3. The molecule has 114 valence electrons. The number of carbonyl (C=O) groups excluding carboxylic acids is 1. The zero-order valence-corrected chi connectivity index (χ0v) is 12.5. The highest BCUT2D eigenvalue weighted by atomic mass is 16.5. The van der Waals surface area contributed by atoms with Gasteiger partial charge < -0.3 is 9.84 Å². The van der Waals surface area contributed by atoms with E-state index in [1.807, 2.05) is 32.0 Å². The van der Waals surface area contributed by atoms with Gasteiger partial charge in [0.2, 0.25) is 0 Å². The molecule has 0 heterocycles. The fourth-order valence-electron chi connectivity index (χ4n) is 1.85. The summed E-state index contributed by atoms with van der Waals surface area (Å²) in [4.78, 5) is 11.7. The Labute approximate surface area is 129 Å². The van der Waals surface area contributed by atoms with Gasteiger partial charge in [-0.25, -0.2) is 5.43 Å². The third-order valence-electron chi connectivity index (χ3n) is 3.03. The molecular weight excluding hydrogens is 280 g/mol. The van der Waals surface area contributed by atoms with E-state index >= 15 is 0 Å². The van der Waals surface area contributed by atoms with Crippen molar-refractivity contribution in [3.05, 3.63) is 59.2 Å². The number of carbonyl (C=O) groups is 1. The smallest absolute Gasteiger partial charge is 0.277 e.